The number of ketones is 1. The number of hydrogen-bond donors (Lipinski definition) is 0. The lowest BCUT2D eigenvalue weighted by Gasteiger charge is -2.07. The zero-order valence-corrected chi connectivity index (χ0v) is 8.86. The molecule has 0 fully saturated rings. The first kappa shape index (κ1) is 11.3. The van der Waals surface area contributed by atoms with Gasteiger partial charge in [-0.2, -0.15) is 5.26 Å². The second kappa shape index (κ2) is 5.16. The molecule has 78 valence electrons. The molecule has 1 atom stereocenters. The molecule has 0 aliphatic heterocycles. The van der Waals surface area contributed by atoms with Crippen molar-refractivity contribution in [3.8, 4) is 11.8 Å². The Morgan fingerprint density at radius 3 is 2.53 bits per heavy atom. The summed E-state index contributed by atoms with van der Waals surface area (Å²) in [6, 6.07) is 8.81. The maximum Gasteiger partial charge on any atom is 0.181 e. The number of hydrogen-bond acceptors (Lipinski definition) is 3. The van der Waals surface area contributed by atoms with Crippen LogP contribution in [0.5, 0.6) is 5.75 Å². The quantitative estimate of drug-likeness (QED) is 0.706. The molecule has 0 amide bonds. The van der Waals surface area contributed by atoms with E-state index in [9.17, 15) is 4.79 Å². The molecule has 3 heteroatoms. The predicted molar refractivity (Wildman–Crippen MR) is 56.8 cm³/mol. The van der Waals surface area contributed by atoms with Crippen LogP contribution in [0.25, 0.3) is 0 Å². The second-order valence-corrected chi connectivity index (χ2v) is 3.19. The Kier molecular flexibility index (Phi) is 3.87. The Bertz CT molecular complexity index is 376. The number of nitrogens with zero attached hydrogens (tertiary/aromatic N) is 1. The first-order valence-corrected chi connectivity index (χ1v) is 4.87. The van der Waals surface area contributed by atoms with Crippen LogP contribution in [0, 0.1) is 11.3 Å². The minimum Gasteiger partial charge on any atom is -0.476 e. The Labute approximate surface area is 89.3 Å². The molecule has 0 heterocycles. The standard InChI is InChI=1S/C12H13NO2/c1-3-12(14)10-4-6-11(7-5-10)15-9(2)8-13/h4-7,9H,3H2,1-2H3. The van der Waals surface area contributed by atoms with Crippen LogP contribution < -0.4 is 4.74 Å². The molecule has 0 bridgehead atoms. The average Bonchev–Trinajstić information content (AvgIpc) is 2.29. The van der Waals surface area contributed by atoms with Gasteiger partial charge in [-0.25, -0.2) is 0 Å². The van der Waals surface area contributed by atoms with Crippen LogP contribution >= 0.6 is 0 Å². The van der Waals surface area contributed by atoms with E-state index in [4.69, 9.17) is 10.00 Å². The summed E-state index contributed by atoms with van der Waals surface area (Å²) in [5.41, 5.74) is 0.675. The maximum absolute atomic E-state index is 11.3. The zero-order valence-electron chi connectivity index (χ0n) is 8.86. The third-order valence-electron chi connectivity index (χ3n) is 1.99. The van der Waals surface area contributed by atoms with E-state index < -0.39 is 6.10 Å². The highest BCUT2D eigenvalue weighted by molar-refractivity contribution is 5.95. The summed E-state index contributed by atoms with van der Waals surface area (Å²) in [5.74, 6) is 0.714. The fourth-order valence-electron chi connectivity index (χ4n) is 1.15. The van der Waals surface area contributed by atoms with E-state index in [1.807, 2.05) is 13.0 Å². The van der Waals surface area contributed by atoms with Gasteiger partial charge in [0.05, 0.1) is 0 Å². The minimum absolute atomic E-state index is 0.106. The van der Waals surface area contributed by atoms with Crippen molar-refractivity contribution in [1.29, 1.82) is 5.26 Å². The van der Waals surface area contributed by atoms with E-state index in [2.05, 4.69) is 0 Å². The number of carbonyl (C=O) groups excluding carboxylic acids is 1. The van der Waals surface area contributed by atoms with Gasteiger partial charge in [0.1, 0.15) is 11.8 Å². The van der Waals surface area contributed by atoms with E-state index in [1.165, 1.54) is 0 Å². The van der Waals surface area contributed by atoms with Crippen molar-refractivity contribution in [1.82, 2.24) is 0 Å². The van der Waals surface area contributed by atoms with E-state index in [0.717, 1.165) is 0 Å². The summed E-state index contributed by atoms with van der Waals surface area (Å²) in [7, 11) is 0. The number of ether oxygens (including phenoxy) is 1. The van der Waals surface area contributed by atoms with E-state index in [-0.39, 0.29) is 5.78 Å². The largest absolute Gasteiger partial charge is 0.476 e. The van der Waals surface area contributed by atoms with Gasteiger partial charge in [-0.1, -0.05) is 6.92 Å². The summed E-state index contributed by atoms with van der Waals surface area (Å²) < 4.78 is 5.26. The van der Waals surface area contributed by atoms with Crippen LogP contribution in [0.3, 0.4) is 0 Å². The van der Waals surface area contributed by atoms with Crippen LogP contribution in [-0.2, 0) is 0 Å². The SMILES string of the molecule is CCC(=O)c1ccc(OC(C)C#N)cc1. The van der Waals surface area contributed by atoms with Crippen molar-refractivity contribution in [2.45, 2.75) is 26.4 Å². The van der Waals surface area contributed by atoms with E-state index in [0.29, 0.717) is 17.7 Å². The van der Waals surface area contributed by atoms with Crippen LogP contribution in [0.2, 0.25) is 0 Å². The predicted octanol–water partition coefficient (Wildman–Crippen LogP) is 2.57. The van der Waals surface area contributed by atoms with Gasteiger partial charge >= 0.3 is 0 Å². The Hall–Kier alpha value is -1.82. The molecular weight excluding hydrogens is 190 g/mol. The van der Waals surface area contributed by atoms with Gasteiger partial charge in [-0.05, 0) is 31.2 Å². The molecule has 1 unspecified atom stereocenters. The third-order valence-corrected chi connectivity index (χ3v) is 1.99. The normalized spacial score (nSPS) is 11.5. The topological polar surface area (TPSA) is 50.1 Å². The fourth-order valence-corrected chi connectivity index (χ4v) is 1.15. The van der Waals surface area contributed by atoms with Crippen molar-refractivity contribution in [2.75, 3.05) is 0 Å². The van der Waals surface area contributed by atoms with Gasteiger partial charge in [0.15, 0.2) is 11.9 Å². The fraction of sp³-hybridized carbons (Fsp3) is 0.333. The molecule has 1 aromatic carbocycles. The molecule has 0 N–H and O–H groups in total. The molecule has 15 heavy (non-hydrogen) atoms. The molecule has 0 saturated heterocycles. The Morgan fingerprint density at radius 1 is 1.47 bits per heavy atom. The molecule has 0 aliphatic rings. The lowest BCUT2D eigenvalue weighted by atomic mass is 10.1. The van der Waals surface area contributed by atoms with Crippen molar-refractivity contribution in [3.05, 3.63) is 29.8 Å². The molecule has 0 aliphatic carbocycles. The number of benzene rings is 1. The molecule has 0 radical (unpaired) electrons. The number of rotatable bonds is 4. The van der Waals surface area contributed by atoms with Gasteiger partial charge in [0.25, 0.3) is 0 Å². The Balaban J connectivity index is 2.73. The van der Waals surface area contributed by atoms with Crippen LogP contribution in [0.4, 0.5) is 0 Å². The molecule has 3 nitrogen and oxygen atoms in total. The van der Waals surface area contributed by atoms with Crippen molar-refractivity contribution in [3.63, 3.8) is 0 Å². The van der Waals surface area contributed by atoms with Crippen molar-refractivity contribution < 1.29 is 9.53 Å². The van der Waals surface area contributed by atoms with Crippen LogP contribution in [-0.4, -0.2) is 11.9 Å². The summed E-state index contributed by atoms with van der Waals surface area (Å²) in [6.07, 6.45) is 0.0205. The van der Waals surface area contributed by atoms with Crippen LogP contribution in [0.1, 0.15) is 30.6 Å². The van der Waals surface area contributed by atoms with Gasteiger partial charge in [0.2, 0.25) is 0 Å². The van der Waals surface area contributed by atoms with Gasteiger partial charge in [-0.3, -0.25) is 4.79 Å². The highest BCUT2D eigenvalue weighted by Gasteiger charge is 2.04. The third kappa shape index (κ3) is 3.10. The molecular formula is C12H13NO2. The highest BCUT2D eigenvalue weighted by atomic mass is 16.5. The van der Waals surface area contributed by atoms with Crippen molar-refractivity contribution in [2.24, 2.45) is 0 Å². The smallest absolute Gasteiger partial charge is 0.181 e. The van der Waals surface area contributed by atoms with Gasteiger partial charge in [0, 0.05) is 12.0 Å². The molecule has 0 spiro atoms. The summed E-state index contributed by atoms with van der Waals surface area (Å²) >= 11 is 0. The number of carbonyl (C=O) groups is 1. The first-order valence-electron chi connectivity index (χ1n) is 4.87. The lowest BCUT2D eigenvalue weighted by Crippen LogP contribution is -2.08. The monoisotopic (exact) mass is 203 g/mol. The van der Waals surface area contributed by atoms with Crippen LogP contribution in [0.15, 0.2) is 24.3 Å². The lowest BCUT2D eigenvalue weighted by molar-refractivity contribution is 0.0988. The second-order valence-electron chi connectivity index (χ2n) is 3.19. The highest BCUT2D eigenvalue weighted by Crippen LogP contribution is 2.14. The number of nitriles is 1. The van der Waals surface area contributed by atoms with Crippen molar-refractivity contribution >= 4 is 5.78 Å². The Morgan fingerprint density at radius 2 is 2.07 bits per heavy atom. The summed E-state index contributed by atoms with van der Waals surface area (Å²) in [6.45, 7) is 3.50. The van der Waals surface area contributed by atoms with Gasteiger partial charge < -0.3 is 4.74 Å². The summed E-state index contributed by atoms with van der Waals surface area (Å²) in [4.78, 5) is 11.3. The zero-order chi connectivity index (χ0) is 11.3. The van der Waals surface area contributed by atoms with E-state index in [1.54, 1.807) is 31.2 Å². The average molecular weight is 203 g/mol. The molecule has 1 aromatic rings. The minimum atomic E-state index is -0.474. The van der Waals surface area contributed by atoms with E-state index >= 15 is 0 Å². The summed E-state index contributed by atoms with van der Waals surface area (Å²) in [5, 5.41) is 8.55. The molecule has 0 aromatic heterocycles. The molecule has 0 saturated carbocycles. The maximum atomic E-state index is 11.3. The number of Topliss-reactive ketones (excluding diaryl/α,β-unsaturated/α-hetero) is 1. The molecule has 1 rings (SSSR count). The first-order chi connectivity index (χ1) is 7.17. The van der Waals surface area contributed by atoms with Gasteiger partial charge in [-0.15, -0.1) is 0 Å².